The summed E-state index contributed by atoms with van der Waals surface area (Å²) in [6.45, 7) is 5.95. The van der Waals surface area contributed by atoms with Crippen LogP contribution in [0.3, 0.4) is 0 Å². The van der Waals surface area contributed by atoms with Crippen LogP contribution < -0.4 is 10.6 Å². The van der Waals surface area contributed by atoms with E-state index in [-0.39, 0.29) is 18.3 Å². The van der Waals surface area contributed by atoms with Gasteiger partial charge in [0.05, 0.1) is 6.10 Å². The first-order valence-corrected chi connectivity index (χ1v) is 6.97. The topological polar surface area (TPSA) is 61.4 Å². The molecule has 0 saturated heterocycles. The molecule has 0 bridgehead atoms. The minimum atomic E-state index is -0.551. The standard InChI is InChI=1S/C15H23FN2O2/c1-4-11(5-2)14(19)9-17-15(20)18-13-7-6-12(16)8-10(13)3/h6-8,11,14,19H,4-5,9H2,1-3H3,(H2,17,18,20). The lowest BCUT2D eigenvalue weighted by molar-refractivity contribution is 0.104. The molecule has 0 aliphatic carbocycles. The molecule has 112 valence electrons. The van der Waals surface area contributed by atoms with Crippen LogP contribution in [0.5, 0.6) is 0 Å². The molecule has 0 heterocycles. The van der Waals surface area contributed by atoms with Crippen molar-refractivity contribution in [1.82, 2.24) is 5.32 Å². The van der Waals surface area contributed by atoms with Crippen LogP contribution in [0.2, 0.25) is 0 Å². The zero-order chi connectivity index (χ0) is 15.1. The molecule has 0 aromatic heterocycles. The summed E-state index contributed by atoms with van der Waals surface area (Å²) in [5, 5.41) is 15.2. The number of hydrogen-bond acceptors (Lipinski definition) is 2. The molecular weight excluding hydrogens is 259 g/mol. The van der Waals surface area contributed by atoms with Gasteiger partial charge in [-0.15, -0.1) is 0 Å². The third-order valence-electron chi connectivity index (χ3n) is 3.50. The minimum Gasteiger partial charge on any atom is -0.391 e. The summed E-state index contributed by atoms with van der Waals surface area (Å²) >= 11 is 0. The molecule has 20 heavy (non-hydrogen) atoms. The number of aliphatic hydroxyl groups is 1. The summed E-state index contributed by atoms with van der Waals surface area (Å²) in [6, 6.07) is 3.77. The molecular formula is C15H23FN2O2. The number of hydrogen-bond donors (Lipinski definition) is 3. The summed E-state index contributed by atoms with van der Waals surface area (Å²) in [5.74, 6) is -0.152. The second kappa shape index (κ2) is 7.85. The molecule has 0 radical (unpaired) electrons. The Morgan fingerprint density at radius 1 is 1.35 bits per heavy atom. The number of aryl methyl sites for hydroxylation is 1. The molecule has 5 heteroatoms. The highest BCUT2D eigenvalue weighted by Gasteiger charge is 2.16. The second-order valence-corrected chi connectivity index (χ2v) is 4.94. The third kappa shape index (κ3) is 4.81. The molecule has 0 aliphatic rings. The van der Waals surface area contributed by atoms with Gasteiger partial charge in [0.2, 0.25) is 0 Å². The molecule has 4 nitrogen and oxygen atoms in total. The smallest absolute Gasteiger partial charge is 0.319 e. The summed E-state index contributed by atoms with van der Waals surface area (Å²) in [5.41, 5.74) is 1.21. The van der Waals surface area contributed by atoms with E-state index in [2.05, 4.69) is 10.6 Å². The molecule has 3 N–H and O–H groups in total. The van der Waals surface area contributed by atoms with Gasteiger partial charge in [-0.3, -0.25) is 0 Å². The number of halogens is 1. The quantitative estimate of drug-likeness (QED) is 0.751. The Balaban J connectivity index is 2.48. The molecule has 1 unspecified atom stereocenters. The van der Waals surface area contributed by atoms with Crippen LogP contribution in [0.25, 0.3) is 0 Å². The van der Waals surface area contributed by atoms with E-state index in [0.717, 1.165) is 12.8 Å². The average molecular weight is 282 g/mol. The maximum Gasteiger partial charge on any atom is 0.319 e. The van der Waals surface area contributed by atoms with E-state index in [1.54, 1.807) is 6.92 Å². The third-order valence-corrected chi connectivity index (χ3v) is 3.50. The van der Waals surface area contributed by atoms with Crippen LogP contribution in [0.4, 0.5) is 14.9 Å². The van der Waals surface area contributed by atoms with Crippen molar-refractivity contribution in [2.45, 2.75) is 39.7 Å². The molecule has 0 aliphatic heterocycles. The minimum absolute atomic E-state index is 0.183. The van der Waals surface area contributed by atoms with E-state index in [9.17, 15) is 14.3 Å². The number of amides is 2. The first-order valence-electron chi connectivity index (χ1n) is 6.97. The van der Waals surface area contributed by atoms with Crippen LogP contribution in [-0.2, 0) is 0 Å². The number of anilines is 1. The summed E-state index contributed by atoms with van der Waals surface area (Å²) in [4.78, 5) is 11.7. The van der Waals surface area contributed by atoms with E-state index < -0.39 is 12.1 Å². The van der Waals surface area contributed by atoms with Gasteiger partial charge < -0.3 is 15.7 Å². The van der Waals surface area contributed by atoms with E-state index in [0.29, 0.717) is 11.3 Å². The number of nitrogens with one attached hydrogen (secondary N) is 2. The predicted octanol–water partition coefficient (Wildman–Crippen LogP) is 3.05. The Morgan fingerprint density at radius 2 is 2.00 bits per heavy atom. The molecule has 0 fully saturated rings. The second-order valence-electron chi connectivity index (χ2n) is 4.94. The van der Waals surface area contributed by atoms with Crippen LogP contribution in [0.1, 0.15) is 32.3 Å². The molecule has 0 saturated carbocycles. The van der Waals surface area contributed by atoms with Gasteiger partial charge in [-0.2, -0.15) is 0 Å². The monoisotopic (exact) mass is 282 g/mol. The number of aliphatic hydroxyl groups excluding tert-OH is 1. The average Bonchev–Trinajstić information content (AvgIpc) is 2.41. The van der Waals surface area contributed by atoms with E-state index in [4.69, 9.17) is 0 Å². The lowest BCUT2D eigenvalue weighted by Gasteiger charge is -2.20. The molecule has 1 rings (SSSR count). The Bertz CT molecular complexity index is 447. The van der Waals surface area contributed by atoms with Crippen molar-refractivity contribution in [2.75, 3.05) is 11.9 Å². The summed E-state index contributed by atoms with van der Waals surface area (Å²) in [6.07, 6.45) is 1.20. The maximum atomic E-state index is 12.9. The highest BCUT2D eigenvalue weighted by atomic mass is 19.1. The summed E-state index contributed by atoms with van der Waals surface area (Å²) in [7, 11) is 0. The van der Waals surface area contributed by atoms with Gasteiger partial charge in [0.25, 0.3) is 0 Å². The SMILES string of the molecule is CCC(CC)C(O)CNC(=O)Nc1ccc(F)cc1C. The van der Waals surface area contributed by atoms with Gasteiger partial charge in [0.15, 0.2) is 0 Å². The fourth-order valence-electron chi connectivity index (χ4n) is 2.13. The van der Waals surface area contributed by atoms with Crippen molar-refractivity contribution < 1.29 is 14.3 Å². The van der Waals surface area contributed by atoms with Gasteiger partial charge in [-0.1, -0.05) is 26.7 Å². The fourth-order valence-corrected chi connectivity index (χ4v) is 2.13. The van der Waals surface area contributed by atoms with Crippen molar-refractivity contribution in [3.05, 3.63) is 29.6 Å². The van der Waals surface area contributed by atoms with E-state index >= 15 is 0 Å². The Hall–Kier alpha value is -1.62. The highest BCUT2D eigenvalue weighted by molar-refractivity contribution is 5.90. The molecule has 0 spiro atoms. The Kier molecular flexibility index (Phi) is 6.45. The van der Waals surface area contributed by atoms with Gasteiger partial charge in [0.1, 0.15) is 5.82 Å². The largest absolute Gasteiger partial charge is 0.391 e. The van der Waals surface area contributed by atoms with E-state index in [1.807, 2.05) is 13.8 Å². The number of benzene rings is 1. The number of carbonyl (C=O) groups excluding carboxylic acids is 1. The number of urea groups is 1. The van der Waals surface area contributed by atoms with Crippen LogP contribution >= 0.6 is 0 Å². The zero-order valence-corrected chi connectivity index (χ0v) is 12.2. The first-order chi connectivity index (χ1) is 9.47. The van der Waals surface area contributed by atoms with Crippen molar-refractivity contribution in [3.8, 4) is 0 Å². The Labute approximate surface area is 119 Å². The molecule has 1 aromatic rings. The van der Waals surface area contributed by atoms with Crippen LogP contribution in [0.15, 0.2) is 18.2 Å². The number of rotatable bonds is 6. The van der Waals surface area contributed by atoms with Crippen molar-refractivity contribution >= 4 is 11.7 Å². The van der Waals surface area contributed by atoms with Crippen LogP contribution in [0, 0.1) is 18.7 Å². The van der Waals surface area contributed by atoms with Crippen molar-refractivity contribution in [3.63, 3.8) is 0 Å². The van der Waals surface area contributed by atoms with Crippen molar-refractivity contribution in [2.24, 2.45) is 5.92 Å². The maximum absolute atomic E-state index is 12.9. The first kappa shape index (κ1) is 16.4. The summed E-state index contributed by atoms with van der Waals surface area (Å²) < 4.78 is 12.9. The molecule has 1 atom stereocenters. The van der Waals surface area contributed by atoms with Gasteiger partial charge >= 0.3 is 6.03 Å². The zero-order valence-electron chi connectivity index (χ0n) is 12.2. The van der Waals surface area contributed by atoms with Gasteiger partial charge in [-0.05, 0) is 36.6 Å². The lowest BCUT2D eigenvalue weighted by atomic mass is 9.97. The fraction of sp³-hybridized carbons (Fsp3) is 0.533. The van der Waals surface area contributed by atoms with Crippen molar-refractivity contribution in [1.29, 1.82) is 0 Å². The molecule has 1 aromatic carbocycles. The number of carbonyl (C=O) groups is 1. The van der Waals surface area contributed by atoms with Gasteiger partial charge in [-0.25, -0.2) is 9.18 Å². The lowest BCUT2D eigenvalue weighted by Crippen LogP contribution is -2.38. The highest BCUT2D eigenvalue weighted by Crippen LogP contribution is 2.15. The van der Waals surface area contributed by atoms with E-state index in [1.165, 1.54) is 18.2 Å². The Morgan fingerprint density at radius 3 is 2.55 bits per heavy atom. The van der Waals surface area contributed by atoms with Gasteiger partial charge in [0, 0.05) is 12.2 Å². The normalized spacial score (nSPS) is 12.3. The molecule has 2 amide bonds. The predicted molar refractivity (Wildman–Crippen MR) is 78.2 cm³/mol. The van der Waals surface area contributed by atoms with Crippen LogP contribution in [-0.4, -0.2) is 23.8 Å².